The minimum absolute atomic E-state index is 0.103. The molecular formula is C13H20N2O2. The van der Waals surface area contributed by atoms with E-state index in [-0.39, 0.29) is 11.7 Å². The summed E-state index contributed by atoms with van der Waals surface area (Å²) in [6.07, 6.45) is 6.83. The Morgan fingerprint density at radius 3 is 2.71 bits per heavy atom. The molecule has 1 aliphatic rings. The standard InChI is InChI=1S/C13H20N2O2/c1-3-11(9(2)16)13-14-12(15-17-13)10-7-5-4-6-8-10/h10-11H,3-8H2,1-2H3. The van der Waals surface area contributed by atoms with Crippen molar-refractivity contribution in [1.29, 1.82) is 0 Å². The fourth-order valence-electron chi connectivity index (χ4n) is 2.55. The molecule has 0 spiro atoms. The summed E-state index contributed by atoms with van der Waals surface area (Å²) in [5.41, 5.74) is 0. The molecule has 1 unspecified atom stereocenters. The van der Waals surface area contributed by atoms with Gasteiger partial charge in [-0.2, -0.15) is 4.98 Å². The van der Waals surface area contributed by atoms with E-state index in [1.165, 1.54) is 19.3 Å². The number of carbonyl (C=O) groups is 1. The molecule has 0 amide bonds. The van der Waals surface area contributed by atoms with Crippen molar-refractivity contribution in [1.82, 2.24) is 10.1 Å². The van der Waals surface area contributed by atoms with Gasteiger partial charge in [0.15, 0.2) is 5.82 Å². The summed E-state index contributed by atoms with van der Waals surface area (Å²) in [6, 6.07) is 0. The molecule has 4 nitrogen and oxygen atoms in total. The quantitative estimate of drug-likeness (QED) is 0.805. The van der Waals surface area contributed by atoms with Crippen LogP contribution in [-0.4, -0.2) is 15.9 Å². The van der Waals surface area contributed by atoms with Crippen molar-refractivity contribution >= 4 is 5.78 Å². The Balaban J connectivity index is 2.11. The first kappa shape index (κ1) is 12.3. The van der Waals surface area contributed by atoms with Gasteiger partial charge in [0.25, 0.3) is 0 Å². The van der Waals surface area contributed by atoms with Gasteiger partial charge < -0.3 is 4.52 Å². The van der Waals surface area contributed by atoms with Gasteiger partial charge >= 0.3 is 0 Å². The first-order valence-corrected chi connectivity index (χ1v) is 6.56. The molecule has 94 valence electrons. The van der Waals surface area contributed by atoms with Crippen molar-refractivity contribution in [3.8, 4) is 0 Å². The summed E-state index contributed by atoms with van der Waals surface area (Å²) in [5, 5.41) is 4.05. The maximum Gasteiger partial charge on any atom is 0.237 e. The highest BCUT2D eigenvalue weighted by Crippen LogP contribution is 2.31. The van der Waals surface area contributed by atoms with Gasteiger partial charge in [0.1, 0.15) is 5.78 Å². The first-order chi connectivity index (χ1) is 8.22. The average molecular weight is 236 g/mol. The molecule has 1 heterocycles. The van der Waals surface area contributed by atoms with E-state index in [9.17, 15) is 4.79 Å². The smallest absolute Gasteiger partial charge is 0.237 e. The molecule has 4 heteroatoms. The minimum Gasteiger partial charge on any atom is -0.339 e. The zero-order valence-corrected chi connectivity index (χ0v) is 10.6. The molecule has 0 bridgehead atoms. The molecule has 0 saturated heterocycles. The molecule has 1 aromatic heterocycles. The predicted molar refractivity (Wildman–Crippen MR) is 63.8 cm³/mol. The van der Waals surface area contributed by atoms with Crippen LogP contribution in [0, 0.1) is 0 Å². The lowest BCUT2D eigenvalue weighted by Gasteiger charge is -2.17. The van der Waals surface area contributed by atoms with Crippen LogP contribution in [-0.2, 0) is 4.79 Å². The molecule has 1 aliphatic carbocycles. The van der Waals surface area contributed by atoms with Gasteiger partial charge in [-0.1, -0.05) is 31.3 Å². The van der Waals surface area contributed by atoms with Gasteiger partial charge in [0, 0.05) is 5.92 Å². The van der Waals surface area contributed by atoms with Crippen LogP contribution in [0.5, 0.6) is 0 Å². The van der Waals surface area contributed by atoms with Crippen LogP contribution >= 0.6 is 0 Å². The van der Waals surface area contributed by atoms with Crippen molar-refractivity contribution in [2.75, 3.05) is 0 Å². The molecule has 1 saturated carbocycles. The monoisotopic (exact) mass is 236 g/mol. The van der Waals surface area contributed by atoms with E-state index >= 15 is 0 Å². The number of nitrogens with zero attached hydrogens (tertiary/aromatic N) is 2. The van der Waals surface area contributed by atoms with Gasteiger partial charge in [0.2, 0.25) is 5.89 Å². The Morgan fingerprint density at radius 1 is 1.41 bits per heavy atom. The lowest BCUT2D eigenvalue weighted by atomic mass is 9.89. The number of hydrogen-bond donors (Lipinski definition) is 0. The molecule has 0 radical (unpaired) electrons. The van der Waals surface area contributed by atoms with Gasteiger partial charge in [-0.3, -0.25) is 4.79 Å². The predicted octanol–water partition coefficient (Wildman–Crippen LogP) is 3.20. The van der Waals surface area contributed by atoms with Crippen LogP contribution in [0.2, 0.25) is 0 Å². The molecule has 0 N–H and O–H groups in total. The Morgan fingerprint density at radius 2 is 2.12 bits per heavy atom. The SMILES string of the molecule is CCC(C(C)=O)c1nc(C2CCCCC2)no1. The normalized spacial score (nSPS) is 19.2. The third-order valence-electron chi connectivity index (χ3n) is 3.62. The Bertz CT molecular complexity index is 381. The highest BCUT2D eigenvalue weighted by atomic mass is 16.5. The lowest BCUT2D eigenvalue weighted by Crippen LogP contribution is -2.09. The van der Waals surface area contributed by atoms with Crippen LogP contribution < -0.4 is 0 Å². The van der Waals surface area contributed by atoms with Crippen molar-refractivity contribution in [3.05, 3.63) is 11.7 Å². The summed E-state index contributed by atoms with van der Waals surface area (Å²) >= 11 is 0. The highest BCUT2D eigenvalue weighted by Gasteiger charge is 2.25. The second-order valence-electron chi connectivity index (χ2n) is 4.90. The van der Waals surface area contributed by atoms with Gasteiger partial charge in [-0.05, 0) is 26.2 Å². The van der Waals surface area contributed by atoms with Crippen LogP contribution in [0.4, 0.5) is 0 Å². The zero-order valence-electron chi connectivity index (χ0n) is 10.6. The zero-order chi connectivity index (χ0) is 12.3. The Labute approximate surface area is 102 Å². The summed E-state index contributed by atoms with van der Waals surface area (Å²) < 4.78 is 5.25. The van der Waals surface area contributed by atoms with E-state index in [2.05, 4.69) is 10.1 Å². The van der Waals surface area contributed by atoms with Gasteiger partial charge in [0.05, 0.1) is 5.92 Å². The number of aromatic nitrogens is 2. The summed E-state index contributed by atoms with van der Waals surface area (Å²) in [6.45, 7) is 3.55. The number of rotatable bonds is 4. The number of hydrogen-bond acceptors (Lipinski definition) is 4. The third-order valence-corrected chi connectivity index (χ3v) is 3.62. The molecule has 17 heavy (non-hydrogen) atoms. The molecule has 1 atom stereocenters. The second-order valence-corrected chi connectivity index (χ2v) is 4.90. The number of ketones is 1. The first-order valence-electron chi connectivity index (χ1n) is 6.56. The topological polar surface area (TPSA) is 56.0 Å². The van der Waals surface area contributed by atoms with E-state index in [0.717, 1.165) is 25.1 Å². The van der Waals surface area contributed by atoms with E-state index in [1.807, 2.05) is 6.92 Å². The Kier molecular flexibility index (Phi) is 3.92. The third kappa shape index (κ3) is 2.73. The van der Waals surface area contributed by atoms with Crippen LogP contribution in [0.1, 0.15) is 75.9 Å². The molecule has 2 rings (SSSR count). The van der Waals surface area contributed by atoms with Gasteiger partial charge in [-0.25, -0.2) is 0 Å². The molecule has 0 aromatic carbocycles. The molecule has 0 aliphatic heterocycles. The van der Waals surface area contributed by atoms with Crippen LogP contribution in [0.15, 0.2) is 4.52 Å². The fraction of sp³-hybridized carbons (Fsp3) is 0.769. The number of carbonyl (C=O) groups excluding carboxylic acids is 1. The highest BCUT2D eigenvalue weighted by molar-refractivity contribution is 5.82. The van der Waals surface area contributed by atoms with Crippen molar-refractivity contribution in [2.24, 2.45) is 0 Å². The molecule has 1 aromatic rings. The maximum absolute atomic E-state index is 11.4. The number of Topliss-reactive ketones (excluding diaryl/α,β-unsaturated/α-hetero) is 1. The second kappa shape index (κ2) is 5.43. The minimum atomic E-state index is -0.222. The van der Waals surface area contributed by atoms with Crippen LogP contribution in [0.3, 0.4) is 0 Å². The fourth-order valence-corrected chi connectivity index (χ4v) is 2.55. The van der Waals surface area contributed by atoms with E-state index < -0.39 is 0 Å². The average Bonchev–Trinajstić information content (AvgIpc) is 2.80. The van der Waals surface area contributed by atoms with Crippen molar-refractivity contribution in [3.63, 3.8) is 0 Å². The van der Waals surface area contributed by atoms with Gasteiger partial charge in [-0.15, -0.1) is 0 Å². The van der Waals surface area contributed by atoms with Crippen molar-refractivity contribution in [2.45, 2.75) is 64.2 Å². The van der Waals surface area contributed by atoms with Crippen LogP contribution in [0.25, 0.3) is 0 Å². The molecular weight excluding hydrogens is 216 g/mol. The van der Waals surface area contributed by atoms with E-state index in [1.54, 1.807) is 6.92 Å². The summed E-state index contributed by atoms with van der Waals surface area (Å²) in [7, 11) is 0. The summed E-state index contributed by atoms with van der Waals surface area (Å²) in [5.74, 6) is 1.62. The summed E-state index contributed by atoms with van der Waals surface area (Å²) in [4.78, 5) is 15.9. The molecule has 1 fully saturated rings. The van der Waals surface area contributed by atoms with E-state index in [4.69, 9.17) is 4.52 Å². The lowest BCUT2D eigenvalue weighted by molar-refractivity contribution is -0.119. The maximum atomic E-state index is 11.4. The largest absolute Gasteiger partial charge is 0.339 e. The van der Waals surface area contributed by atoms with Crippen molar-refractivity contribution < 1.29 is 9.32 Å². The van der Waals surface area contributed by atoms with E-state index in [0.29, 0.717) is 11.8 Å². The Hall–Kier alpha value is -1.19.